The topological polar surface area (TPSA) is 73.1 Å². The van der Waals surface area contributed by atoms with Crippen molar-refractivity contribution in [1.29, 1.82) is 0 Å². The zero-order valence-corrected chi connectivity index (χ0v) is 11.4. The molecule has 100 valence electrons. The minimum absolute atomic E-state index is 0.601. The van der Waals surface area contributed by atoms with Gasteiger partial charge in [0, 0.05) is 11.3 Å². The van der Waals surface area contributed by atoms with Crippen LogP contribution in [-0.4, -0.2) is 16.6 Å². The van der Waals surface area contributed by atoms with Gasteiger partial charge >= 0.3 is 0 Å². The number of ether oxygens (including phenoxy) is 1. The molecule has 0 aliphatic rings. The van der Waals surface area contributed by atoms with Gasteiger partial charge in [-0.2, -0.15) is 0 Å². The molecule has 0 fully saturated rings. The third-order valence-electron chi connectivity index (χ3n) is 2.95. The number of aromatic nitrogens is 2. The second-order valence-electron chi connectivity index (χ2n) is 4.18. The van der Waals surface area contributed by atoms with Gasteiger partial charge in [0.1, 0.15) is 11.6 Å². The van der Waals surface area contributed by atoms with Crippen molar-refractivity contribution >= 4 is 5.82 Å². The van der Waals surface area contributed by atoms with Crippen LogP contribution in [0.25, 0.3) is 11.4 Å². The van der Waals surface area contributed by atoms with Gasteiger partial charge in [-0.3, -0.25) is 0 Å². The largest absolute Gasteiger partial charge is 0.493 e. The summed E-state index contributed by atoms with van der Waals surface area (Å²) in [4.78, 5) is 8.95. The van der Waals surface area contributed by atoms with E-state index < -0.39 is 0 Å². The first-order chi connectivity index (χ1) is 9.17. The van der Waals surface area contributed by atoms with Gasteiger partial charge in [0.2, 0.25) is 0 Å². The Morgan fingerprint density at radius 2 is 1.95 bits per heavy atom. The Kier molecular flexibility index (Phi) is 3.97. The summed E-state index contributed by atoms with van der Waals surface area (Å²) in [6.45, 7) is 6.42. The highest BCUT2D eigenvalue weighted by Crippen LogP contribution is 2.29. The second-order valence-corrected chi connectivity index (χ2v) is 4.18. The third-order valence-corrected chi connectivity index (χ3v) is 2.95. The van der Waals surface area contributed by atoms with Gasteiger partial charge in [-0.05, 0) is 32.9 Å². The minimum atomic E-state index is 0.601. The summed E-state index contributed by atoms with van der Waals surface area (Å²) in [6.07, 6.45) is 0. The van der Waals surface area contributed by atoms with Crippen molar-refractivity contribution in [2.75, 3.05) is 12.0 Å². The van der Waals surface area contributed by atoms with E-state index in [1.807, 2.05) is 45.0 Å². The first-order valence-corrected chi connectivity index (χ1v) is 6.21. The molecule has 0 saturated carbocycles. The molecular formula is C14H18N4O. The number of rotatable bonds is 4. The number of hydrogen-bond acceptors (Lipinski definition) is 5. The molecule has 3 N–H and O–H groups in total. The summed E-state index contributed by atoms with van der Waals surface area (Å²) in [7, 11) is 0. The number of para-hydroxylation sites is 1. The Labute approximate surface area is 112 Å². The lowest BCUT2D eigenvalue weighted by atomic mass is 10.1. The van der Waals surface area contributed by atoms with Gasteiger partial charge in [0.15, 0.2) is 5.82 Å². The average Bonchev–Trinajstić information content (AvgIpc) is 2.43. The molecule has 0 aliphatic carbocycles. The molecule has 0 radical (unpaired) electrons. The fraction of sp³-hybridized carbons (Fsp3) is 0.286. The van der Waals surface area contributed by atoms with E-state index in [1.54, 1.807) is 0 Å². The van der Waals surface area contributed by atoms with E-state index in [2.05, 4.69) is 15.4 Å². The van der Waals surface area contributed by atoms with Crippen LogP contribution in [0.15, 0.2) is 24.3 Å². The van der Waals surface area contributed by atoms with Crippen LogP contribution in [-0.2, 0) is 0 Å². The van der Waals surface area contributed by atoms with E-state index in [-0.39, 0.29) is 0 Å². The lowest BCUT2D eigenvalue weighted by Gasteiger charge is -2.12. The van der Waals surface area contributed by atoms with Gasteiger partial charge in [-0.15, -0.1) is 0 Å². The van der Waals surface area contributed by atoms with Crippen LogP contribution < -0.4 is 16.0 Å². The number of nitrogens with zero attached hydrogens (tertiary/aromatic N) is 2. The number of nitrogens with two attached hydrogens (primary N) is 1. The number of benzene rings is 1. The van der Waals surface area contributed by atoms with Crippen LogP contribution >= 0.6 is 0 Å². The van der Waals surface area contributed by atoms with Gasteiger partial charge in [-0.25, -0.2) is 15.8 Å². The summed E-state index contributed by atoms with van der Waals surface area (Å²) in [5.41, 5.74) is 5.31. The number of nitrogen functional groups attached to an aromatic ring is 1. The zero-order valence-electron chi connectivity index (χ0n) is 11.4. The molecule has 0 bridgehead atoms. The van der Waals surface area contributed by atoms with E-state index in [0.717, 1.165) is 22.6 Å². The summed E-state index contributed by atoms with van der Waals surface area (Å²) in [5, 5.41) is 0. The van der Waals surface area contributed by atoms with E-state index in [0.29, 0.717) is 18.2 Å². The van der Waals surface area contributed by atoms with E-state index in [9.17, 15) is 0 Å². The molecule has 2 aromatic rings. The quantitative estimate of drug-likeness (QED) is 0.651. The van der Waals surface area contributed by atoms with Crippen LogP contribution in [0.4, 0.5) is 5.82 Å². The molecule has 1 aromatic heterocycles. The molecule has 0 amide bonds. The van der Waals surface area contributed by atoms with Crippen LogP contribution in [0.1, 0.15) is 18.2 Å². The lowest BCUT2D eigenvalue weighted by Crippen LogP contribution is -2.12. The number of nitrogens with one attached hydrogen (secondary N) is 1. The van der Waals surface area contributed by atoms with Crippen molar-refractivity contribution < 1.29 is 4.74 Å². The van der Waals surface area contributed by atoms with Crippen molar-refractivity contribution in [3.63, 3.8) is 0 Å². The Morgan fingerprint density at radius 1 is 1.21 bits per heavy atom. The first-order valence-electron chi connectivity index (χ1n) is 6.21. The Morgan fingerprint density at radius 3 is 2.63 bits per heavy atom. The Hall–Kier alpha value is -2.14. The highest BCUT2D eigenvalue weighted by atomic mass is 16.5. The van der Waals surface area contributed by atoms with Crippen molar-refractivity contribution in [2.24, 2.45) is 5.84 Å². The molecule has 0 atom stereocenters. The summed E-state index contributed by atoms with van der Waals surface area (Å²) >= 11 is 0. The molecule has 19 heavy (non-hydrogen) atoms. The summed E-state index contributed by atoms with van der Waals surface area (Å²) in [5.74, 6) is 7.51. The highest BCUT2D eigenvalue weighted by Gasteiger charge is 2.12. The van der Waals surface area contributed by atoms with Gasteiger partial charge in [0.25, 0.3) is 0 Å². The monoisotopic (exact) mass is 258 g/mol. The van der Waals surface area contributed by atoms with Gasteiger partial charge < -0.3 is 10.2 Å². The SMILES string of the molecule is CCOc1ccccc1-c1nc(C)c(C)c(NN)n1. The van der Waals surface area contributed by atoms with Gasteiger partial charge in [0.05, 0.1) is 12.2 Å². The maximum atomic E-state index is 5.60. The molecule has 0 aliphatic heterocycles. The Bertz CT molecular complexity index is 584. The molecule has 5 heteroatoms. The predicted octanol–water partition coefficient (Wildman–Crippen LogP) is 2.44. The van der Waals surface area contributed by atoms with E-state index in [4.69, 9.17) is 10.6 Å². The highest BCUT2D eigenvalue weighted by molar-refractivity contribution is 5.66. The second kappa shape index (κ2) is 5.67. The normalized spacial score (nSPS) is 10.3. The summed E-state index contributed by atoms with van der Waals surface area (Å²) in [6, 6.07) is 7.71. The number of hydrogen-bond donors (Lipinski definition) is 2. The molecule has 0 unspecified atom stereocenters. The van der Waals surface area contributed by atoms with Crippen LogP contribution in [0.3, 0.4) is 0 Å². The smallest absolute Gasteiger partial charge is 0.165 e. The molecule has 1 heterocycles. The molecule has 1 aromatic carbocycles. The van der Waals surface area contributed by atoms with Crippen LogP contribution in [0, 0.1) is 13.8 Å². The maximum Gasteiger partial charge on any atom is 0.165 e. The fourth-order valence-corrected chi connectivity index (χ4v) is 1.82. The van der Waals surface area contributed by atoms with Crippen molar-refractivity contribution in [3.05, 3.63) is 35.5 Å². The van der Waals surface area contributed by atoms with Crippen LogP contribution in [0.2, 0.25) is 0 Å². The molecule has 2 rings (SSSR count). The summed E-state index contributed by atoms with van der Waals surface area (Å²) < 4.78 is 5.60. The van der Waals surface area contributed by atoms with E-state index in [1.165, 1.54) is 0 Å². The van der Waals surface area contributed by atoms with Gasteiger partial charge in [-0.1, -0.05) is 12.1 Å². The molecular weight excluding hydrogens is 240 g/mol. The standard InChI is InChI=1S/C14H18N4O/c1-4-19-12-8-6-5-7-11(12)14-16-10(3)9(2)13(17-14)18-15/h5-8H,4,15H2,1-3H3,(H,16,17,18). The van der Waals surface area contributed by atoms with Crippen molar-refractivity contribution in [3.8, 4) is 17.1 Å². The van der Waals surface area contributed by atoms with Crippen molar-refractivity contribution in [2.45, 2.75) is 20.8 Å². The number of hydrazine groups is 1. The average molecular weight is 258 g/mol. The van der Waals surface area contributed by atoms with Crippen LogP contribution in [0.5, 0.6) is 5.75 Å². The zero-order chi connectivity index (χ0) is 13.8. The predicted molar refractivity (Wildman–Crippen MR) is 75.9 cm³/mol. The molecule has 0 saturated heterocycles. The fourth-order valence-electron chi connectivity index (χ4n) is 1.82. The first kappa shape index (κ1) is 13.3. The molecule has 0 spiro atoms. The van der Waals surface area contributed by atoms with E-state index >= 15 is 0 Å². The third kappa shape index (κ3) is 2.66. The minimum Gasteiger partial charge on any atom is -0.493 e. The lowest BCUT2D eigenvalue weighted by molar-refractivity contribution is 0.341. The Balaban J connectivity index is 2.56. The number of aryl methyl sites for hydroxylation is 1. The maximum absolute atomic E-state index is 5.60. The van der Waals surface area contributed by atoms with Crippen molar-refractivity contribution in [1.82, 2.24) is 9.97 Å². The molecule has 5 nitrogen and oxygen atoms in total. The number of anilines is 1.